The summed E-state index contributed by atoms with van der Waals surface area (Å²) >= 11 is 0. The van der Waals surface area contributed by atoms with Gasteiger partial charge in [-0.05, 0) is 39.6 Å². The standard InChI is InChI=1S/C37H25N3O/c1-3-12-24(13-4-1)35-38-36(25-14-5-2-6-15-25)40-37(39-35)30-23-22-28(26-16-7-8-17-27(26)30)29-19-11-21-33-34(29)31-18-9-10-20-32(31)41-33/h1-23,35H,(H,38,39,40). The quantitative estimate of drug-likeness (QED) is 0.248. The number of hydrogen-bond acceptors (Lipinski definition) is 4. The molecule has 0 aliphatic carbocycles. The molecule has 4 heteroatoms. The van der Waals surface area contributed by atoms with Gasteiger partial charge in [0.25, 0.3) is 0 Å². The third-order valence-corrected chi connectivity index (χ3v) is 7.76. The normalized spacial score (nSPS) is 15.1. The fourth-order valence-electron chi connectivity index (χ4n) is 5.84. The second kappa shape index (κ2) is 9.61. The molecular weight excluding hydrogens is 502 g/mol. The molecule has 1 atom stereocenters. The van der Waals surface area contributed by atoms with Crippen LogP contribution in [0.1, 0.15) is 22.9 Å². The Morgan fingerprint density at radius 1 is 0.463 bits per heavy atom. The number of para-hydroxylation sites is 1. The van der Waals surface area contributed by atoms with Gasteiger partial charge in [-0.25, -0.2) is 9.98 Å². The Kier molecular flexibility index (Phi) is 5.49. The summed E-state index contributed by atoms with van der Waals surface area (Å²) in [6, 6.07) is 48.0. The van der Waals surface area contributed by atoms with Gasteiger partial charge in [0.2, 0.25) is 0 Å². The third kappa shape index (κ3) is 4.00. The maximum atomic E-state index is 6.21. The molecular formula is C37H25N3O. The van der Waals surface area contributed by atoms with Crippen LogP contribution in [-0.2, 0) is 0 Å². The van der Waals surface area contributed by atoms with Crippen LogP contribution in [0.25, 0.3) is 43.8 Å². The highest BCUT2D eigenvalue weighted by atomic mass is 16.3. The van der Waals surface area contributed by atoms with Crippen LogP contribution in [-0.4, -0.2) is 11.7 Å². The Morgan fingerprint density at radius 3 is 1.88 bits per heavy atom. The zero-order valence-electron chi connectivity index (χ0n) is 22.2. The number of aliphatic imine (C=N–C) groups is 2. The SMILES string of the molecule is c1ccc(C2=NC(c3ccccc3)N=C(c3ccc(-c4cccc5oc6ccccc6c45)c4ccccc34)N2)cc1. The van der Waals surface area contributed by atoms with E-state index in [2.05, 4.69) is 90.2 Å². The van der Waals surface area contributed by atoms with Crippen molar-refractivity contribution in [2.24, 2.45) is 9.98 Å². The van der Waals surface area contributed by atoms with E-state index in [0.29, 0.717) is 0 Å². The van der Waals surface area contributed by atoms with Gasteiger partial charge in [-0.15, -0.1) is 0 Å². The predicted molar refractivity (Wildman–Crippen MR) is 168 cm³/mol. The molecule has 0 saturated heterocycles. The summed E-state index contributed by atoms with van der Waals surface area (Å²) in [5.74, 6) is 1.62. The zero-order valence-corrected chi connectivity index (χ0v) is 22.2. The number of nitrogens with one attached hydrogen (secondary N) is 1. The van der Waals surface area contributed by atoms with Crippen LogP contribution in [0, 0.1) is 0 Å². The minimum absolute atomic E-state index is 0.341. The minimum Gasteiger partial charge on any atom is -0.456 e. The zero-order chi connectivity index (χ0) is 27.2. The second-order valence-electron chi connectivity index (χ2n) is 10.2. The van der Waals surface area contributed by atoms with Crippen molar-refractivity contribution in [1.82, 2.24) is 5.32 Å². The number of fused-ring (bicyclic) bond motifs is 4. The summed E-state index contributed by atoms with van der Waals surface area (Å²) in [6.07, 6.45) is -0.341. The molecule has 1 aliphatic heterocycles. The van der Waals surface area contributed by atoms with Gasteiger partial charge in [-0.2, -0.15) is 0 Å². The van der Waals surface area contributed by atoms with E-state index in [0.717, 1.165) is 72.2 Å². The van der Waals surface area contributed by atoms with Crippen molar-refractivity contribution in [3.05, 3.63) is 156 Å². The highest BCUT2D eigenvalue weighted by Crippen LogP contribution is 2.40. The molecule has 2 heterocycles. The molecule has 0 bridgehead atoms. The van der Waals surface area contributed by atoms with E-state index in [1.165, 1.54) is 0 Å². The number of hydrogen-bond donors (Lipinski definition) is 1. The Morgan fingerprint density at radius 2 is 1.07 bits per heavy atom. The van der Waals surface area contributed by atoms with Gasteiger partial charge in [0.1, 0.15) is 22.8 Å². The molecule has 0 spiro atoms. The highest BCUT2D eigenvalue weighted by Gasteiger charge is 2.23. The van der Waals surface area contributed by atoms with Gasteiger partial charge >= 0.3 is 0 Å². The predicted octanol–water partition coefficient (Wildman–Crippen LogP) is 8.90. The number of nitrogens with zero attached hydrogens (tertiary/aromatic N) is 2. The average molecular weight is 528 g/mol. The van der Waals surface area contributed by atoms with Crippen LogP contribution in [0.5, 0.6) is 0 Å². The fourth-order valence-corrected chi connectivity index (χ4v) is 5.84. The van der Waals surface area contributed by atoms with Gasteiger partial charge in [-0.1, -0.05) is 127 Å². The molecule has 194 valence electrons. The molecule has 1 N–H and O–H groups in total. The van der Waals surface area contributed by atoms with E-state index in [1.807, 2.05) is 54.6 Å². The lowest BCUT2D eigenvalue weighted by Crippen LogP contribution is -2.36. The Balaban J connectivity index is 1.32. The molecule has 0 saturated carbocycles. The lowest BCUT2D eigenvalue weighted by molar-refractivity contribution is 0.669. The number of rotatable bonds is 4. The lowest BCUT2D eigenvalue weighted by atomic mass is 9.92. The monoisotopic (exact) mass is 527 g/mol. The van der Waals surface area contributed by atoms with E-state index in [1.54, 1.807) is 0 Å². The smallest absolute Gasteiger partial charge is 0.169 e. The molecule has 1 unspecified atom stereocenters. The summed E-state index contributed by atoms with van der Waals surface area (Å²) in [4.78, 5) is 10.1. The van der Waals surface area contributed by atoms with Crippen LogP contribution in [0.4, 0.5) is 0 Å². The van der Waals surface area contributed by atoms with E-state index >= 15 is 0 Å². The molecule has 0 amide bonds. The molecule has 4 nitrogen and oxygen atoms in total. The van der Waals surface area contributed by atoms with Gasteiger partial charge in [0, 0.05) is 21.9 Å². The first-order valence-corrected chi connectivity index (χ1v) is 13.8. The first-order valence-electron chi connectivity index (χ1n) is 13.8. The molecule has 1 aromatic heterocycles. The van der Waals surface area contributed by atoms with Crippen LogP contribution >= 0.6 is 0 Å². The highest BCUT2D eigenvalue weighted by molar-refractivity contribution is 6.22. The molecule has 1 aliphatic rings. The van der Waals surface area contributed by atoms with Gasteiger partial charge in [0.15, 0.2) is 6.17 Å². The van der Waals surface area contributed by atoms with Crippen LogP contribution in [0.3, 0.4) is 0 Å². The average Bonchev–Trinajstić information content (AvgIpc) is 3.44. The lowest BCUT2D eigenvalue weighted by Gasteiger charge is -2.23. The van der Waals surface area contributed by atoms with E-state index in [4.69, 9.17) is 14.4 Å². The van der Waals surface area contributed by atoms with E-state index in [9.17, 15) is 0 Å². The largest absolute Gasteiger partial charge is 0.456 e. The minimum atomic E-state index is -0.341. The van der Waals surface area contributed by atoms with Gasteiger partial charge in [0.05, 0.1) is 0 Å². The molecule has 6 aromatic carbocycles. The summed E-state index contributed by atoms with van der Waals surface area (Å²) in [6.45, 7) is 0. The Labute approximate surface area is 237 Å². The van der Waals surface area contributed by atoms with Crippen molar-refractivity contribution in [2.75, 3.05) is 0 Å². The van der Waals surface area contributed by atoms with Crippen molar-refractivity contribution in [2.45, 2.75) is 6.17 Å². The first kappa shape index (κ1) is 23.4. The van der Waals surface area contributed by atoms with Crippen molar-refractivity contribution >= 4 is 44.4 Å². The summed E-state index contributed by atoms with van der Waals surface area (Å²) in [7, 11) is 0. The molecule has 0 radical (unpaired) electrons. The summed E-state index contributed by atoms with van der Waals surface area (Å²) < 4.78 is 6.21. The van der Waals surface area contributed by atoms with Crippen LogP contribution < -0.4 is 5.32 Å². The Bertz CT molecular complexity index is 2120. The van der Waals surface area contributed by atoms with E-state index in [-0.39, 0.29) is 6.17 Å². The molecule has 7 aromatic rings. The number of benzene rings is 6. The maximum Gasteiger partial charge on any atom is 0.169 e. The van der Waals surface area contributed by atoms with Crippen LogP contribution in [0.15, 0.2) is 154 Å². The molecule has 8 rings (SSSR count). The summed E-state index contributed by atoms with van der Waals surface area (Å²) in [5, 5.41) is 8.12. The van der Waals surface area contributed by atoms with E-state index < -0.39 is 0 Å². The van der Waals surface area contributed by atoms with Crippen molar-refractivity contribution < 1.29 is 4.42 Å². The summed E-state index contributed by atoms with van der Waals surface area (Å²) in [5.41, 5.74) is 7.23. The van der Waals surface area contributed by atoms with Gasteiger partial charge < -0.3 is 9.73 Å². The van der Waals surface area contributed by atoms with Crippen LogP contribution in [0.2, 0.25) is 0 Å². The second-order valence-corrected chi connectivity index (χ2v) is 10.2. The van der Waals surface area contributed by atoms with Crippen molar-refractivity contribution in [3.63, 3.8) is 0 Å². The van der Waals surface area contributed by atoms with Crippen molar-refractivity contribution in [3.8, 4) is 11.1 Å². The third-order valence-electron chi connectivity index (χ3n) is 7.76. The van der Waals surface area contributed by atoms with Gasteiger partial charge in [-0.3, -0.25) is 0 Å². The maximum absolute atomic E-state index is 6.21. The Hall–Kier alpha value is -5.48. The number of amidine groups is 2. The first-order chi connectivity index (χ1) is 20.3. The molecule has 0 fully saturated rings. The molecule has 41 heavy (non-hydrogen) atoms. The fraction of sp³-hybridized carbons (Fsp3) is 0.0270. The topological polar surface area (TPSA) is 49.9 Å². The number of furan rings is 1. The van der Waals surface area contributed by atoms with Crippen molar-refractivity contribution in [1.29, 1.82) is 0 Å².